The van der Waals surface area contributed by atoms with Gasteiger partial charge in [-0.25, -0.2) is 9.97 Å². The van der Waals surface area contributed by atoms with Gasteiger partial charge in [0.2, 0.25) is 0 Å². The van der Waals surface area contributed by atoms with E-state index in [2.05, 4.69) is 15.6 Å². The number of rotatable bonds is 3. The van der Waals surface area contributed by atoms with Crippen LogP contribution in [0.15, 0.2) is 35.2 Å². The van der Waals surface area contributed by atoms with E-state index in [0.29, 0.717) is 5.92 Å². The first-order valence-electron chi connectivity index (χ1n) is 9.45. The molecule has 1 amide bonds. The first-order valence-corrected chi connectivity index (χ1v) is 10.4. The van der Waals surface area contributed by atoms with Gasteiger partial charge in [-0.05, 0) is 42.8 Å². The van der Waals surface area contributed by atoms with Gasteiger partial charge in [-0.15, -0.1) is 0 Å². The Hall–Kier alpha value is -2.21. The zero-order chi connectivity index (χ0) is 17.5. The summed E-state index contributed by atoms with van der Waals surface area (Å²) in [6.45, 7) is 1.55. The SMILES string of the molecule is O=C(c1ccsc1)N1CC[C@H](n2c(C3CCCC3)nc3cccnc32)C1. The molecule has 134 valence electrons. The van der Waals surface area contributed by atoms with Gasteiger partial charge < -0.3 is 9.47 Å². The smallest absolute Gasteiger partial charge is 0.254 e. The van der Waals surface area contributed by atoms with E-state index in [-0.39, 0.29) is 11.9 Å². The number of nitrogens with zero attached hydrogens (tertiary/aromatic N) is 4. The van der Waals surface area contributed by atoms with E-state index in [1.165, 1.54) is 31.5 Å². The number of pyridine rings is 1. The van der Waals surface area contributed by atoms with Crippen molar-refractivity contribution < 1.29 is 4.79 Å². The standard InChI is InChI=1S/C20H22N4OS/c25-20(15-8-11-26-13-15)23-10-7-16(12-23)24-18(14-4-1-2-5-14)22-17-6-3-9-21-19(17)24/h3,6,8-9,11,13-14,16H,1-2,4-5,7,10,12H2/t16-/m0/s1. The molecule has 0 N–H and O–H groups in total. The van der Waals surface area contributed by atoms with Crippen LogP contribution in [-0.2, 0) is 0 Å². The van der Waals surface area contributed by atoms with E-state index in [1.807, 2.05) is 34.0 Å². The monoisotopic (exact) mass is 366 g/mol. The molecule has 5 rings (SSSR count). The zero-order valence-electron chi connectivity index (χ0n) is 14.7. The highest BCUT2D eigenvalue weighted by Gasteiger charge is 2.33. The van der Waals surface area contributed by atoms with Gasteiger partial charge in [0.1, 0.15) is 11.3 Å². The third-order valence-corrected chi connectivity index (χ3v) is 6.46. The minimum Gasteiger partial charge on any atom is -0.336 e. The molecule has 0 spiro atoms. The number of aromatic nitrogens is 3. The van der Waals surface area contributed by atoms with Gasteiger partial charge in [0.15, 0.2) is 5.65 Å². The van der Waals surface area contributed by atoms with Crippen LogP contribution in [0.2, 0.25) is 0 Å². The normalized spacial score (nSPS) is 21.1. The predicted octanol–water partition coefficient (Wildman–Crippen LogP) is 4.24. The van der Waals surface area contributed by atoms with Crippen molar-refractivity contribution in [3.63, 3.8) is 0 Å². The molecule has 26 heavy (non-hydrogen) atoms. The third kappa shape index (κ3) is 2.63. The van der Waals surface area contributed by atoms with E-state index in [4.69, 9.17) is 4.98 Å². The van der Waals surface area contributed by atoms with Gasteiger partial charge >= 0.3 is 0 Å². The summed E-state index contributed by atoms with van der Waals surface area (Å²) in [6, 6.07) is 6.20. The van der Waals surface area contributed by atoms with Crippen LogP contribution in [0.25, 0.3) is 11.2 Å². The Kier molecular flexibility index (Phi) is 4.00. The quantitative estimate of drug-likeness (QED) is 0.697. The molecule has 5 nitrogen and oxygen atoms in total. The molecule has 0 radical (unpaired) electrons. The number of likely N-dealkylation sites (tertiary alicyclic amines) is 1. The highest BCUT2D eigenvalue weighted by atomic mass is 32.1. The van der Waals surface area contributed by atoms with Crippen molar-refractivity contribution >= 4 is 28.4 Å². The van der Waals surface area contributed by atoms with Crippen molar-refractivity contribution in [2.24, 2.45) is 0 Å². The molecule has 0 unspecified atom stereocenters. The summed E-state index contributed by atoms with van der Waals surface area (Å²) in [5.41, 5.74) is 2.77. The molecule has 2 aliphatic rings. The maximum Gasteiger partial charge on any atom is 0.254 e. The zero-order valence-corrected chi connectivity index (χ0v) is 15.5. The summed E-state index contributed by atoms with van der Waals surface area (Å²) in [7, 11) is 0. The predicted molar refractivity (Wildman–Crippen MR) is 103 cm³/mol. The molecule has 1 saturated heterocycles. The molecule has 1 saturated carbocycles. The van der Waals surface area contributed by atoms with Crippen molar-refractivity contribution in [1.29, 1.82) is 0 Å². The van der Waals surface area contributed by atoms with E-state index in [9.17, 15) is 4.79 Å². The van der Waals surface area contributed by atoms with Gasteiger partial charge in [0.25, 0.3) is 5.91 Å². The van der Waals surface area contributed by atoms with Crippen LogP contribution in [0.5, 0.6) is 0 Å². The highest BCUT2D eigenvalue weighted by molar-refractivity contribution is 7.08. The lowest BCUT2D eigenvalue weighted by Crippen LogP contribution is -2.29. The topological polar surface area (TPSA) is 51.0 Å². The Morgan fingerprint density at radius 2 is 2.08 bits per heavy atom. The Morgan fingerprint density at radius 3 is 2.88 bits per heavy atom. The maximum absolute atomic E-state index is 12.7. The van der Waals surface area contributed by atoms with Crippen molar-refractivity contribution in [3.8, 4) is 0 Å². The van der Waals surface area contributed by atoms with Crippen LogP contribution < -0.4 is 0 Å². The van der Waals surface area contributed by atoms with E-state index in [0.717, 1.165) is 36.2 Å². The first-order chi connectivity index (χ1) is 12.8. The minimum atomic E-state index is 0.147. The molecule has 3 aromatic heterocycles. The Bertz CT molecular complexity index is 927. The minimum absolute atomic E-state index is 0.147. The van der Waals surface area contributed by atoms with Gasteiger partial charge in [-0.1, -0.05) is 12.8 Å². The van der Waals surface area contributed by atoms with Gasteiger partial charge in [-0.3, -0.25) is 4.79 Å². The van der Waals surface area contributed by atoms with Crippen molar-refractivity contribution in [2.45, 2.75) is 44.1 Å². The van der Waals surface area contributed by atoms with Gasteiger partial charge in [0, 0.05) is 30.6 Å². The fourth-order valence-electron chi connectivity index (χ4n) is 4.48. The van der Waals surface area contributed by atoms with E-state index >= 15 is 0 Å². The average Bonchev–Trinajstić information content (AvgIpc) is 3.47. The lowest BCUT2D eigenvalue weighted by atomic mass is 10.1. The van der Waals surface area contributed by atoms with Crippen molar-refractivity contribution in [1.82, 2.24) is 19.4 Å². The molecule has 4 heterocycles. The highest BCUT2D eigenvalue weighted by Crippen LogP contribution is 2.38. The van der Waals surface area contributed by atoms with Crippen LogP contribution in [-0.4, -0.2) is 38.4 Å². The number of carbonyl (C=O) groups is 1. The molecule has 3 aromatic rings. The van der Waals surface area contributed by atoms with Crippen LogP contribution >= 0.6 is 11.3 Å². The summed E-state index contributed by atoms with van der Waals surface area (Å²) in [4.78, 5) is 24.3. The number of carbonyl (C=O) groups excluding carboxylic acids is 1. The summed E-state index contributed by atoms with van der Waals surface area (Å²) in [6.07, 6.45) is 7.82. The third-order valence-electron chi connectivity index (χ3n) is 5.78. The Morgan fingerprint density at radius 1 is 1.19 bits per heavy atom. The second-order valence-corrected chi connectivity index (χ2v) is 8.15. The number of thiophene rings is 1. The summed E-state index contributed by atoms with van der Waals surface area (Å²) >= 11 is 1.57. The molecular weight excluding hydrogens is 344 g/mol. The molecule has 0 bridgehead atoms. The van der Waals surface area contributed by atoms with Crippen LogP contribution in [0.1, 0.15) is 60.2 Å². The number of hydrogen-bond donors (Lipinski definition) is 0. The van der Waals surface area contributed by atoms with Crippen LogP contribution in [0.3, 0.4) is 0 Å². The maximum atomic E-state index is 12.7. The summed E-state index contributed by atoms with van der Waals surface area (Å²) in [5, 5.41) is 3.90. The molecule has 1 aliphatic heterocycles. The lowest BCUT2D eigenvalue weighted by Gasteiger charge is -2.20. The van der Waals surface area contributed by atoms with Crippen LogP contribution in [0, 0.1) is 0 Å². The van der Waals surface area contributed by atoms with E-state index < -0.39 is 0 Å². The lowest BCUT2D eigenvalue weighted by molar-refractivity contribution is 0.0788. The van der Waals surface area contributed by atoms with Crippen molar-refractivity contribution in [3.05, 3.63) is 46.5 Å². The molecule has 0 aromatic carbocycles. The number of fused-ring (bicyclic) bond motifs is 1. The largest absolute Gasteiger partial charge is 0.336 e. The summed E-state index contributed by atoms with van der Waals surface area (Å²) in [5.74, 6) is 1.87. The fraction of sp³-hybridized carbons (Fsp3) is 0.450. The number of hydrogen-bond acceptors (Lipinski definition) is 4. The number of amides is 1. The fourth-order valence-corrected chi connectivity index (χ4v) is 5.11. The molecule has 6 heteroatoms. The number of imidazole rings is 1. The molecular formula is C20H22N4OS. The van der Waals surface area contributed by atoms with E-state index in [1.54, 1.807) is 11.3 Å². The van der Waals surface area contributed by atoms with Crippen molar-refractivity contribution in [2.75, 3.05) is 13.1 Å². The second-order valence-electron chi connectivity index (χ2n) is 7.37. The van der Waals surface area contributed by atoms with Gasteiger partial charge in [0.05, 0.1) is 11.6 Å². The van der Waals surface area contributed by atoms with Crippen LogP contribution in [0.4, 0.5) is 0 Å². The molecule has 2 fully saturated rings. The molecule has 1 atom stereocenters. The first kappa shape index (κ1) is 16.0. The second kappa shape index (κ2) is 6.50. The summed E-state index contributed by atoms with van der Waals surface area (Å²) < 4.78 is 2.35. The average molecular weight is 366 g/mol. The van der Waals surface area contributed by atoms with Gasteiger partial charge in [-0.2, -0.15) is 11.3 Å². The Balaban J connectivity index is 1.49. The molecule has 1 aliphatic carbocycles. The Labute approximate surface area is 156 Å².